The third-order valence-electron chi connectivity index (χ3n) is 4.69. The maximum absolute atomic E-state index is 13.5. The summed E-state index contributed by atoms with van der Waals surface area (Å²) in [6.07, 6.45) is 4.40. The van der Waals surface area contributed by atoms with Gasteiger partial charge >= 0.3 is 0 Å². The Balaban J connectivity index is 1.86. The Bertz CT molecular complexity index is 1350. The van der Waals surface area contributed by atoms with E-state index in [-0.39, 0.29) is 14.9 Å². The van der Waals surface area contributed by atoms with E-state index in [1.165, 1.54) is 22.4 Å². The van der Waals surface area contributed by atoms with Crippen molar-refractivity contribution in [3.8, 4) is 0 Å². The lowest BCUT2D eigenvalue weighted by atomic mass is 10.1. The fraction of sp³-hybridized carbons (Fsp3) is 0.0952. The molecule has 2 N–H and O–H groups in total. The van der Waals surface area contributed by atoms with Crippen LogP contribution < -0.4 is 10.6 Å². The maximum atomic E-state index is 13.5. The van der Waals surface area contributed by atoms with Crippen molar-refractivity contribution in [3.63, 3.8) is 0 Å². The number of pyridine rings is 1. The highest BCUT2D eigenvalue weighted by Gasteiger charge is 2.22. The molecule has 4 rings (SSSR count). The van der Waals surface area contributed by atoms with Crippen molar-refractivity contribution in [1.82, 2.24) is 14.3 Å². The van der Waals surface area contributed by atoms with E-state index in [0.29, 0.717) is 23.4 Å². The normalized spacial score (nSPS) is 11.7. The van der Waals surface area contributed by atoms with Crippen LogP contribution in [0.15, 0.2) is 66.0 Å². The van der Waals surface area contributed by atoms with E-state index in [9.17, 15) is 12.8 Å². The van der Waals surface area contributed by atoms with E-state index in [4.69, 9.17) is 23.2 Å². The van der Waals surface area contributed by atoms with Gasteiger partial charge in [0.1, 0.15) is 10.7 Å². The molecule has 0 bridgehead atoms. The molecule has 0 saturated carbocycles. The van der Waals surface area contributed by atoms with Crippen LogP contribution in [-0.4, -0.2) is 24.4 Å². The first-order chi connectivity index (χ1) is 14.8. The number of hydrogen-bond acceptors (Lipinski definition) is 5. The van der Waals surface area contributed by atoms with Crippen LogP contribution in [0.2, 0.25) is 10.0 Å². The monoisotopic (exact) mass is 478 g/mol. The van der Waals surface area contributed by atoms with Gasteiger partial charge in [-0.15, -0.1) is 0 Å². The molecule has 0 spiro atoms. The number of rotatable bonds is 6. The number of nitrogens with one attached hydrogen (secondary N) is 2. The molecule has 0 aliphatic rings. The van der Waals surface area contributed by atoms with Crippen LogP contribution in [0, 0.1) is 5.82 Å². The van der Waals surface area contributed by atoms with Gasteiger partial charge in [0.15, 0.2) is 0 Å². The molecule has 0 aliphatic carbocycles. The Morgan fingerprint density at radius 2 is 1.87 bits per heavy atom. The lowest BCUT2D eigenvalue weighted by Crippen LogP contribution is -2.12. The number of hydrogen-bond donors (Lipinski definition) is 2. The van der Waals surface area contributed by atoms with E-state index in [1.54, 1.807) is 31.4 Å². The summed E-state index contributed by atoms with van der Waals surface area (Å²) in [5.74, 6) is -0.552. The molecule has 0 atom stereocenters. The predicted octanol–water partition coefficient (Wildman–Crippen LogP) is 5.18. The third-order valence-corrected chi connectivity index (χ3v) is 6.94. The number of anilines is 2. The van der Waals surface area contributed by atoms with E-state index >= 15 is 0 Å². The second-order valence-corrected chi connectivity index (χ2v) is 9.40. The molecular weight excluding hydrogens is 462 g/mol. The fourth-order valence-corrected chi connectivity index (χ4v) is 5.20. The number of nitrogens with zero attached hydrogens (tertiary/aromatic N) is 2. The van der Waals surface area contributed by atoms with Crippen LogP contribution in [-0.2, 0) is 16.6 Å². The van der Waals surface area contributed by atoms with Crippen molar-refractivity contribution in [3.05, 3.63) is 82.5 Å². The highest BCUT2D eigenvalue weighted by atomic mass is 35.5. The van der Waals surface area contributed by atoms with Crippen molar-refractivity contribution in [2.24, 2.45) is 0 Å². The highest BCUT2D eigenvalue weighted by Crippen LogP contribution is 2.35. The molecule has 6 nitrogen and oxygen atoms in total. The molecule has 10 heteroatoms. The number of benzene rings is 2. The van der Waals surface area contributed by atoms with Gasteiger partial charge in [0.05, 0.1) is 21.2 Å². The fourth-order valence-electron chi connectivity index (χ4n) is 3.29. The lowest BCUT2D eigenvalue weighted by Gasteiger charge is -2.12. The van der Waals surface area contributed by atoms with Gasteiger partial charge in [0, 0.05) is 36.2 Å². The van der Waals surface area contributed by atoms with Gasteiger partial charge in [-0.25, -0.2) is 16.8 Å². The average molecular weight is 479 g/mol. The van der Waals surface area contributed by atoms with Crippen LogP contribution in [0.1, 0.15) is 5.56 Å². The molecular formula is C21H17Cl2FN4O2S. The van der Waals surface area contributed by atoms with Crippen molar-refractivity contribution in [2.45, 2.75) is 11.4 Å². The molecule has 2 heterocycles. The van der Waals surface area contributed by atoms with E-state index in [1.807, 2.05) is 6.07 Å². The van der Waals surface area contributed by atoms with Gasteiger partial charge in [-0.2, -0.15) is 0 Å². The number of fused-ring (bicyclic) bond motifs is 1. The van der Waals surface area contributed by atoms with Crippen molar-refractivity contribution in [1.29, 1.82) is 0 Å². The first-order valence-electron chi connectivity index (χ1n) is 9.17. The van der Waals surface area contributed by atoms with E-state index < -0.39 is 15.8 Å². The summed E-state index contributed by atoms with van der Waals surface area (Å²) in [5.41, 5.74) is 2.15. The second kappa shape index (κ2) is 8.47. The maximum Gasteiger partial charge on any atom is 0.269 e. The number of halogens is 3. The minimum Gasteiger partial charge on any atom is -0.353 e. The summed E-state index contributed by atoms with van der Waals surface area (Å²) in [7, 11) is -2.09. The molecule has 0 fully saturated rings. The zero-order valence-electron chi connectivity index (χ0n) is 16.2. The van der Waals surface area contributed by atoms with Crippen molar-refractivity contribution in [2.75, 3.05) is 12.4 Å². The zero-order chi connectivity index (χ0) is 22.2. The predicted molar refractivity (Wildman–Crippen MR) is 121 cm³/mol. The zero-order valence-corrected chi connectivity index (χ0v) is 18.6. The summed E-state index contributed by atoms with van der Waals surface area (Å²) in [6, 6.07) is 10.6. The summed E-state index contributed by atoms with van der Waals surface area (Å²) < 4.78 is 41.3. The molecule has 4 aromatic rings. The summed E-state index contributed by atoms with van der Waals surface area (Å²) in [6.45, 7) is 0.481. The summed E-state index contributed by atoms with van der Waals surface area (Å²) in [4.78, 5) is 4.00. The average Bonchev–Trinajstić information content (AvgIpc) is 3.10. The van der Waals surface area contributed by atoms with Gasteiger partial charge < -0.3 is 10.6 Å². The molecule has 31 heavy (non-hydrogen) atoms. The summed E-state index contributed by atoms with van der Waals surface area (Å²) in [5, 5.41) is 7.09. The smallest absolute Gasteiger partial charge is 0.269 e. The molecule has 0 saturated heterocycles. The van der Waals surface area contributed by atoms with Crippen LogP contribution in [0.5, 0.6) is 0 Å². The largest absolute Gasteiger partial charge is 0.353 e. The molecule has 0 radical (unpaired) electrons. The van der Waals surface area contributed by atoms with Gasteiger partial charge in [-0.1, -0.05) is 29.3 Å². The van der Waals surface area contributed by atoms with E-state index in [0.717, 1.165) is 23.1 Å². The number of aromatic nitrogens is 2. The molecule has 160 valence electrons. The van der Waals surface area contributed by atoms with E-state index in [2.05, 4.69) is 15.6 Å². The minimum absolute atomic E-state index is 0.0749. The Morgan fingerprint density at radius 1 is 1.13 bits per heavy atom. The Kier molecular flexibility index (Phi) is 5.90. The van der Waals surface area contributed by atoms with Gasteiger partial charge in [0.25, 0.3) is 10.0 Å². The van der Waals surface area contributed by atoms with Gasteiger partial charge in [0.2, 0.25) is 0 Å². The molecule has 0 aliphatic heterocycles. The van der Waals surface area contributed by atoms with Crippen molar-refractivity contribution < 1.29 is 12.8 Å². The van der Waals surface area contributed by atoms with Crippen LogP contribution >= 0.6 is 23.2 Å². The van der Waals surface area contributed by atoms with Crippen LogP contribution in [0.25, 0.3) is 10.9 Å². The lowest BCUT2D eigenvalue weighted by molar-refractivity contribution is 0.588. The van der Waals surface area contributed by atoms with Crippen molar-refractivity contribution >= 4 is 55.5 Å². The SMILES string of the molecule is CNCc1cn(S(=O)(=O)c2cccnc2)c2cc(Nc3c(Cl)cc(F)cc3Cl)ccc12. The highest BCUT2D eigenvalue weighted by molar-refractivity contribution is 7.90. The molecule has 0 amide bonds. The molecule has 2 aromatic carbocycles. The molecule has 0 unspecified atom stereocenters. The third kappa shape index (κ3) is 4.12. The Labute approximate surface area is 188 Å². The Hall–Kier alpha value is -2.65. The van der Waals surface area contributed by atoms with Crippen LogP contribution in [0.4, 0.5) is 15.8 Å². The quantitative estimate of drug-likeness (QED) is 0.399. The standard InChI is InChI=1S/C21H17Cl2FN4O2S/c1-25-10-13-12-28(31(29,30)16-3-2-6-26-11-16)20-9-15(4-5-17(13)20)27-21-18(22)7-14(24)8-19(21)23/h2-9,11-12,25,27H,10H2,1H3. The second-order valence-electron chi connectivity index (χ2n) is 6.78. The van der Waals surface area contributed by atoms with Gasteiger partial charge in [-0.05, 0) is 49.0 Å². The Morgan fingerprint density at radius 3 is 2.52 bits per heavy atom. The van der Waals surface area contributed by atoms with Crippen LogP contribution in [0.3, 0.4) is 0 Å². The minimum atomic E-state index is -3.88. The first-order valence-corrected chi connectivity index (χ1v) is 11.4. The van der Waals surface area contributed by atoms with Gasteiger partial charge in [-0.3, -0.25) is 4.98 Å². The summed E-state index contributed by atoms with van der Waals surface area (Å²) >= 11 is 12.3. The first kappa shape index (κ1) is 21.6. The molecule has 2 aromatic heterocycles. The topological polar surface area (TPSA) is 76.0 Å².